The quantitative estimate of drug-likeness (QED) is 0.804. The van der Waals surface area contributed by atoms with Crippen molar-refractivity contribution < 1.29 is 22.7 Å². The van der Waals surface area contributed by atoms with Crippen LogP contribution in [0.15, 0.2) is 36.5 Å². The second-order valence-electron chi connectivity index (χ2n) is 5.09. The van der Waals surface area contributed by atoms with Gasteiger partial charge in [-0.25, -0.2) is 4.68 Å². The van der Waals surface area contributed by atoms with Crippen molar-refractivity contribution in [2.75, 3.05) is 13.7 Å². The molecule has 25 heavy (non-hydrogen) atoms. The highest BCUT2D eigenvalue weighted by atomic mass is 35.5. The molecule has 1 aromatic carbocycles. The number of nitrogens with zero attached hydrogens (tertiary/aromatic N) is 2. The highest BCUT2D eigenvalue weighted by molar-refractivity contribution is 5.85. The number of benzene rings is 1. The molecule has 0 spiro atoms. The summed E-state index contributed by atoms with van der Waals surface area (Å²) in [7, 11) is 1.45. The molecule has 0 saturated heterocycles. The van der Waals surface area contributed by atoms with Crippen LogP contribution < -0.4 is 11.1 Å². The minimum Gasteiger partial charge on any atom is -0.383 e. The molecule has 3 N–H and O–H groups in total. The molecular formula is C15H18ClF3N4O2. The lowest BCUT2D eigenvalue weighted by Gasteiger charge is -2.11. The van der Waals surface area contributed by atoms with Gasteiger partial charge in [-0.2, -0.15) is 18.3 Å². The van der Waals surface area contributed by atoms with Crippen LogP contribution in [0.25, 0.3) is 5.69 Å². The van der Waals surface area contributed by atoms with Gasteiger partial charge < -0.3 is 15.8 Å². The first kappa shape index (κ1) is 20.9. The fraction of sp³-hybridized carbons (Fsp3) is 0.333. The number of halogens is 4. The second kappa shape index (κ2) is 8.84. The third-order valence-electron chi connectivity index (χ3n) is 3.23. The maximum atomic E-state index is 12.5. The molecule has 0 radical (unpaired) electrons. The van der Waals surface area contributed by atoms with Crippen LogP contribution in [0, 0.1) is 0 Å². The van der Waals surface area contributed by atoms with Crippen molar-refractivity contribution in [3.8, 4) is 5.69 Å². The predicted octanol–water partition coefficient (Wildman–Crippen LogP) is 1.90. The SMILES string of the molecule is COCC(N)C(=O)NCc1ccc(-n2ccc(C(F)(F)F)n2)cc1.Cl. The predicted molar refractivity (Wildman–Crippen MR) is 87.5 cm³/mol. The Morgan fingerprint density at radius 2 is 1.96 bits per heavy atom. The molecule has 0 aliphatic rings. The average molecular weight is 379 g/mol. The van der Waals surface area contributed by atoms with Crippen LogP contribution in [0.4, 0.5) is 13.2 Å². The summed E-state index contributed by atoms with van der Waals surface area (Å²) < 4.78 is 43.6. The topological polar surface area (TPSA) is 82.2 Å². The van der Waals surface area contributed by atoms with Crippen molar-refractivity contribution in [3.63, 3.8) is 0 Å². The molecule has 2 aromatic rings. The Morgan fingerprint density at radius 3 is 2.48 bits per heavy atom. The van der Waals surface area contributed by atoms with Gasteiger partial charge in [-0.15, -0.1) is 12.4 Å². The zero-order chi connectivity index (χ0) is 17.7. The summed E-state index contributed by atoms with van der Waals surface area (Å²) in [5.74, 6) is -0.345. The second-order valence-corrected chi connectivity index (χ2v) is 5.09. The minimum atomic E-state index is -4.48. The number of alkyl halides is 3. The number of rotatable bonds is 6. The van der Waals surface area contributed by atoms with E-state index in [0.29, 0.717) is 5.69 Å². The number of nitrogens with two attached hydrogens (primary N) is 1. The molecule has 0 aliphatic carbocycles. The molecule has 0 fully saturated rings. The maximum absolute atomic E-state index is 12.5. The molecule has 2 rings (SSSR count). The molecule has 138 valence electrons. The Morgan fingerprint density at radius 1 is 1.32 bits per heavy atom. The lowest BCUT2D eigenvalue weighted by molar-refractivity contribution is -0.141. The van der Waals surface area contributed by atoms with Crippen molar-refractivity contribution in [1.82, 2.24) is 15.1 Å². The summed E-state index contributed by atoms with van der Waals surface area (Å²) in [6, 6.07) is 6.76. The molecule has 1 heterocycles. The largest absolute Gasteiger partial charge is 0.435 e. The lowest BCUT2D eigenvalue weighted by atomic mass is 10.2. The van der Waals surface area contributed by atoms with Crippen LogP contribution in [0.2, 0.25) is 0 Å². The van der Waals surface area contributed by atoms with E-state index in [9.17, 15) is 18.0 Å². The first-order chi connectivity index (χ1) is 11.3. The minimum absolute atomic E-state index is 0. The van der Waals surface area contributed by atoms with Crippen molar-refractivity contribution in [1.29, 1.82) is 0 Å². The Bertz CT molecular complexity index is 689. The van der Waals surface area contributed by atoms with Gasteiger partial charge in [0.2, 0.25) is 5.91 Å². The van der Waals surface area contributed by atoms with Gasteiger partial charge in [0.15, 0.2) is 5.69 Å². The molecule has 1 unspecified atom stereocenters. The number of carbonyl (C=O) groups is 1. The van der Waals surface area contributed by atoms with Gasteiger partial charge in [0.25, 0.3) is 0 Å². The van der Waals surface area contributed by atoms with Crippen LogP contribution in [-0.2, 0) is 22.3 Å². The highest BCUT2D eigenvalue weighted by Crippen LogP contribution is 2.27. The Hall–Kier alpha value is -2.10. The third kappa shape index (κ3) is 5.73. The monoisotopic (exact) mass is 378 g/mol. The molecule has 10 heteroatoms. The number of amides is 1. The van der Waals surface area contributed by atoms with Crippen LogP contribution in [-0.4, -0.2) is 35.4 Å². The zero-order valence-corrected chi connectivity index (χ0v) is 14.1. The number of hydrogen-bond acceptors (Lipinski definition) is 4. The van der Waals surface area contributed by atoms with Crippen LogP contribution in [0.1, 0.15) is 11.3 Å². The summed E-state index contributed by atoms with van der Waals surface area (Å²) in [6.45, 7) is 0.370. The summed E-state index contributed by atoms with van der Waals surface area (Å²) in [5, 5.41) is 6.14. The Labute approximate surface area is 148 Å². The summed E-state index contributed by atoms with van der Waals surface area (Å²) in [5.41, 5.74) is 5.90. The first-order valence-electron chi connectivity index (χ1n) is 7.05. The smallest absolute Gasteiger partial charge is 0.383 e. The molecule has 0 aliphatic heterocycles. The molecular weight excluding hydrogens is 361 g/mol. The normalized spacial score (nSPS) is 12.4. The van der Waals surface area contributed by atoms with E-state index < -0.39 is 17.9 Å². The van der Waals surface area contributed by atoms with Gasteiger partial charge >= 0.3 is 6.18 Å². The first-order valence-corrected chi connectivity index (χ1v) is 7.05. The number of ether oxygens (including phenoxy) is 1. The van der Waals surface area contributed by atoms with E-state index in [0.717, 1.165) is 16.3 Å². The maximum Gasteiger partial charge on any atom is 0.435 e. The van der Waals surface area contributed by atoms with Crippen LogP contribution >= 0.6 is 12.4 Å². The average Bonchev–Trinajstić information content (AvgIpc) is 3.03. The van der Waals surface area contributed by atoms with E-state index in [4.69, 9.17) is 10.5 Å². The third-order valence-corrected chi connectivity index (χ3v) is 3.23. The van der Waals surface area contributed by atoms with Gasteiger partial charge in [0.05, 0.1) is 12.3 Å². The number of hydrogen-bond donors (Lipinski definition) is 2. The number of methoxy groups -OCH3 is 1. The molecule has 1 atom stereocenters. The van der Waals surface area contributed by atoms with Gasteiger partial charge in [-0.3, -0.25) is 4.79 Å². The lowest BCUT2D eigenvalue weighted by Crippen LogP contribution is -2.43. The standard InChI is InChI=1S/C15H17F3N4O2.ClH/c1-24-9-12(19)14(23)20-8-10-2-4-11(5-3-10)22-7-6-13(21-22)15(16,17)18;/h2-7,12H,8-9,19H2,1H3,(H,20,23);1H. The van der Waals surface area contributed by atoms with E-state index >= 15 is 0 Å². The van der Waals surface area contributed by atoms with Gasteiger partial charge in [0, 0.05) is 19.9 Å². The van der Waals surface area contributed by atoms with E-state index in [1.165, 1.54) is 13.3 Å². The fourth-order valence-corrected chi connectivity index (χ4v) is 1.96. The van der Waals surface area contributed by atoms with Gasteiger partial charge in [-0.05, 0) is 23.8 Å². The molecule has 0 bridgehead atoms. The van der Waals surface area contributed by atoms with E-state index in [-0.39, 0.29) is 31.5 Å². The van der Waals surface area contributed by atoms with Crippen molar-refractivity contribution in [2.45, 2.75) is 18.8 Å². The van der Waals surface area contributed by atoms with Crippen molar-refractivity contribution >= 4 is 18.3 Å². The summed E-state index contributed by atoms with van der Waals surface area (Å²) in [6.07, 6.45) is -3.24. The molecule has 6 nitrogen and oxygen atoms in total. The number of carbonyl (C=O) groups excluding carboxylic acids is 1. The molecule has 1 amide bonds. The molecule has 1 aromatic heterocycles. The van der Waals surface area contributed by atoms with Crippen molar-refractivity contribution in [3.05, 3.63) is 47.8 Å². The number of nitrogens with one attached hydrogen (secondary N) is 1. The Kier molecular flexibility index (Phi) is 7.40. The van der Waals surface area contributed by atoms with Crippen LogP contribution in [0.5, 0.6) is 0 Å². The van der Waals surface area contributed by atoms with Crippen molar-refractivity contribution in [2.24, 2.45) is 5.73 Å². The van der Waals surface area contributed by atoms with E-state index in [2.05, 4.69) is 10.4 Å². The van der Waals surface area contributed by atoms with Crippen LogP contribution in [0.3, 0.4) is 0 Å². The van der Waals surface area contributed by atoms with E-state index in [1.807, 2.05) is 0 Å². The number of aromatic nitrogens is 2. The fourth-order valence-electron chi connectivity index (χ4n) is 1.96. The highest BCUT2D eigenvalue weighted by Gasteiger charge is 2.33. The zero-order valence-electron chi connectivity index (χ0n) is 13.3. The Balaban J connectivity index is 0.00000312. The molecule has 0 saturated carbocycles. The van der Waals surface area contributed by atoms with E-state index in [1.54, 1.807) is 24.3 Å². The summed E-state index contributed by atoms with van der Waals surface area (Å²) >= 11 is 0. The van der Waals surface area contributed by atoms with Gasteiger partial charge in [-0.1, -0.05) is 12.1 Å². The summed E-state index contributed by atoms with van der Waals surface area (Å²) in [4.78, 5) is 11.7. The van der Waals surface area contributed by atoms with Gasteiger partial charge in [0.1, 0.15) is 6.04 Å².